The van der Waals surface area contributed by atoms with Crippen LogP contribution in [0.4, 0.5) is 0 Å². The second kappa shape index (κ2) is 13.4. The number of hydrogen-bond acceptors (Lipinski definition) is 5. The quantitative estimate of drug-likeness (QED) is 0.261. The summed E-state index contributed by atoms with van der Waals surface area (Å²) in [5.74, 6) is -1.76. The van der Waals surface area contributed by atoms with Crippen LogP contribution in [0.25, 0.3) is 10.4 Å². The molecule has 8 heteroatoms. The summed E-state index contributed by atoms with van der Waals surface area (Å²) in [6.07, 6.45) is 14.4. The molecule has 0 aromatic rings. The Balaban J connectivity index is 0.000000294. The molecule has 0 spiro atoms. The molecule has 0 unspecified atom stereocenters. The van der Waals surface area contributed by atoms with Gasteiger partial charge in [-0.1, -0.05) is 43.6 Å². The van der Waals surface area contributed by atoms with Gasteiger partial charge in [-0.25, -0.2) is 0 Å². The van der Waals surface area contributed by atoms with E-state index in [-0.39, 0.29) is 12.8 Å². The number of hydrogen-bond donors (Lipinski definition) is 2. The summed E-state index contributed by atoms with van der Waals surface area (Å²) in [6.45, 7) is 5.15. The minimum absolute atomic E-state index is 0.0612. The second-order valence-corrected chi connectivity index (χ2v) is 9.02. The maximum absolute atomic E-state index is 11.2. The third kappa shape index (κ3) is 12.4. The largest absolute Gasteiger partial charge is 0.481 e. The van der Waals surface area contributed by atoms with Crippen LogP contribution in [0.3, 0.4) is 0 Å². The molecule has 1 atom stereocenters. The molecule has 0 amide bonds. The highest BCUT2D eigenvalue weighted by Gasteiger charge is 2.21. The van der Waals surface area contributed by atoms with E-state index in [9.17, 15) is 9.59 Å². The summed E-state index contributed by atoms with van der Waals surface area (Å²) in [4.78, 5) is 24.2. The van der Waals surface area contributed by atoms with Gasteiger partial charge in [-0.15, -0.1) is 0 Å². The number of aliphatic carboxylic acids is 1. The molecule has 166 valence electrons. The molecule has 29 heavy (non-hydrogen) atoms. The van der Waals surface area contributed by atoms with Crippen molar-refractivity contribution in [2.75, 3.05) is 0 Å². The average molecular weight is 411 g/mol. The molecular weight excluding hydrogens is 372 g/mol. The number of carboxylic acid groups (broad SMARTS) is 1. The topological polar surface area (TPSA) is 124 Å². The molecule has 0 aromatic heterocycles. The van der Waals surface area contributed by atoms with Gasteiger partial charge in [0, 0.05) is 23.4 Å². The minimum atomic E-state index is -1.25. The lowest BCUT2D eigenvalue weighted by Crippen LogP contribution is -2.40. The van der Waals surface area contributed by atoms with Gasteiger partial charge in [0.1, 0.15) is 11.6 Å². The molecule has 2 fully saturated rings. The van der Waals surface area contributed by atoms with Crippen molar-refractivity contribution in [2.24, 2.45) is 5.11 Å². The molecule has 0 aromatic carbocycles. The number of rotatable bonds is 7. The minimum Gasteiger partial charge on any atom is -0.481 e. The first-order valence-electron chi connectivity index (χ1n) is 11.0. The Kier molecular flexibility index (Phi) is 11.7. The lowest BCUT2D eigenvalue weighted by atomic mass is 9.91. The van der Waals surface area contributed by atoms with E-state index >= 15 is 0 Å². The van der Waals surface area contributed by atoms with Crippen LogP contribution in [-0.4, -0.2) is 40.8 Å². The van der Waals surface area contributed by atoms with Crippen LogP contribution >= 0.6 is 0 Å². The van der Waals surface area contributed by atoms with Crippen molar-refractivity contribution >= 4 is 11.9 Å². The predicted molar refractivity (Wildman–Crippen MR) is 113 cm³/mol. The standard InChI is InChI=1S/C12H23N.C9H15N3O4/c1-3-7-11(8-4-1)13-12-9-5-2-6-10-12;1-9(2,3)16-7(13)5-4-6(8(14)15)11-12-10/h11-13H,1-10H2;6H,4-5H2,1-3H3,(H,14,15)/t;6-/m.0/s1. The van der Waals surface area contributed by atoms with Crippen LogP contribution in [-0.2, 0) is 14.3 Å². The number of nitrogens with zero attached hydrogens (tertiary/aromatic N) is 3. The zero-order chi connectivity index (χ0) is 21.7. The summed E-state index contributed by atoms with van der Waals surface area (Å²) in [5.41, 5.74) is 7.51. The fourth-order valence-electron chi connectivity index (χ4n) is 3.81. The first-order valence-corrected chi connectivity index (χ1v) is 11.0. The monoisotopic (exact) mass is 410 g/mol. The van der Waals surface area contributed by atoms with Crippen LogP contribution in [0, 0.1) is 0 Å². The molecule has 0 heterocycles. The number of carbonyl (C=O) groups is 2. The number of nitrogens with one attached hydrogen (secondary N) is 1. The Hall–Kier alpha value is -1.79. The fraction of sp³-hybridized carbons (Fsp3) is 0.905. The summed E-state index contributed by atoms with van der Waals surface area (Å²) < 4.78 is 4.98. The van der Waals surface area contributed by atoms with E-state index in [1.165, 1.54) is 64.2 Å². The lowest BCUT2D eigenvalue weighted by Gasteiger charge is -2.30. The van der Waals surface area contributed by atoms with Gasteiger partial charge in [0.05, 0.1) is 0 Å². The van der Waals surface area contributed by atoms with Crippen LogP contribution in [0.1, 0.15) is 97.8 Å². The van der Waals surface area contributed by atoms with E-state index in [4.69, 9.17) is 15.4 Å². The van der Waals surface area contributed by atoms with Gasteiger partial charge in [-0.05, 0) is 58.4 Å². The van der Waals surface area contributed by atoms with Crippen molar-refractivity contribution in [1.82, 2.24) is 5.32 Å². The Labute approximate surface area is 174 Å². The summed E-state index contributed by atoms with van der Waals surface area (Å²) >= 11 is 0. The highest BCUT2D eigenvalue weighted by molar-refractivity contribution is 5.75. The smallest absolute Gasteiger partial charge is 0.312 e. The van der Waals surface area contributed by atoms with Gasteiger partial charge in [-0.3, -0.25) is 9.59 Å². The highest BCUT2D eigenvalue weighted by Crippen LogP contribution is 2.22. The fourth-order valence-corrected chi connectivity index (χ4v) is 3.81. The van der Waals surface area contributed by atoms with Gasteiger partial charge < -0.3 is 15.2 Å². The van der Waals surface area contributed by atoms with Gasteiger partial charge in [-0.2, -0.15) is 0 Å². The first-order chi connectivity index (χ1) is 13.7. The maximum atomic E-state index is 11.2. The number of azide groups is 1. The second-order valence-electron chi connectivity index (χ2n) is 9.02. The molecule has 0 aliphatic heterocycles. The summed E-state index contributed by atoms with van der Waals surface area (Å²) in [7, 11) is 0. The van der Waals surface area contributed by atoms with Crippen LogP contribution < -0.4 is 5.32 Å². The van der Waals surface area contributed by atoms with Crippen molar-refractivity contribution in [1.29, 1.82) is 0 Å². The molecule has 2 aliphatic carbocycles. The molecule has 8 nitrogen and oxygen atoms in total. The van der Waals surface area contributed by atoms with Crippen molar-refractivity contribution in [2.45, 2.75) is 122 Å². The van der Waals surface area contributed by atoms with Crippen LogP contribution in [0.2, 0.25) is 0 Å². The lowest BCUT2D eigenvalue weighted by molar-refractivity contribution is -0.155. The maximum Gasteiger partial charge on any atom is 0.312 e. The Morgan fingerprint density at radius 3 is 1.93 bits per heavy atom. The van der Waals surface area contributed by atoms with Gasteiger partial charge >= 0.3 is 11.9 Å². The molecular formula is C21H38N4O4. The molecule has 2 N–H and O–H groups in total. The Morgan fingerprint density at radius 2 is 1.55 bits per heavy atom. The van der Waals surface area contributed by atoms with Crippen molar-refractivity contribution in [3.05, 3.63) is 10.4 Å². The Bertz CT molecular complexity index is 525. The third-order valence-electron chi connectivity index (χ3n) is 5.20. The Morgan fingerprint density at radius 1 is 1.07 bits per heavy atom. The molecule has 0 saturated heterocycles. The van der Waals surface area contributed by atoms with E-state index in [1.807, 2.05) is 0 Å². The van der Waals surface area contributed by atoms with E-state index in [1.54, 1.807) is 20.8 Å². The predicted octanol–water partition coefficient (Wildman–Crippen LogP) is 5.11. The molecule has 0 radical (unpaired) electrons. The van der Waals surface area contributed by atoms with Crippen LogP contribution in [0.5, 0.6) is 0 Å². The van der Waals surface area contributed by atoms with Crippen molar-refractivity contribution in [3.63, 3.8) is 0 Å². The van der Waals surface area contributed by atoms with Gasteiger partial charge in [0.25, 0.3) is 0 Å². The van der Waals surface area contributed by atoms with E-state index in [0.717, 1.165) is 12.1 Å². The third-order valence-corrected chi connectivity index (χ3v) is 5.20. The summed E-state index contributed by atoms with van der Waals surface area (Å²) in [6, 6.07) is 0.520. The highest BCUT2D eigenvalue weighted by atomic mass is 16.6. The number of carboxylic acids is 1. The zero-order valence-electron chi connectivity index (χ0n) is 18.2. The van der Waals surface area contributed by atoms with Crippen LogP contribution in [0.15, 0.2) is 5.11 Å². The number of carbonyl (C=O) groups excluding carboxylic acids is 1. The van der Waals surface area contributed by atoms with Crippen molar-refractivity contribution in [3.8, 4) is 0 Å². The average Bonchev–Trinajstić information content (AvgIpc) is 2.66. The molecule has 2 aliphatic rings. The molecule has 0 bridgehead atoms. The normalized spacial score (nSPS) is 19.3. The van der Waals surface area contributed by atoms with E-state index in [2.05, 4.69) is 15.3 Å². The first kappa shape index (κ1) is 25.2. The van der Waals surface area contributed by atoms with E-state index < -0.39 is 23.6 Å². The van der Waals surface area contributed by atoms with Gasteiger partial charge in [0.2, 0.25) is 0 Å². The molecule has 2 rings (SSSR count). The van der Waals surface area contributed by atoms with Gasteiger partial charge in [0.15, 0.2) is 0 Å². The van der Waals surface area contributed by atoms with Crippen molar-refractivity contribution < 1.29 is 19.4 Å². The summed E-state index contributed by atoms with van der Waals surface area (Å²) in [5, 5.41) is 15.6. The van der Waals surface area contributed by atoms with E-state index in [0.29, 0.717) is 0 Å². The molecule has 2 saturated carbocycles. The SMILES string of the molecule is C1CCC(NC2CCCCC2)CC1.CC(C)(C)OC(=O)CC[C@H](N=[N+]=[N-])C(=O)O. The number of ether oxygens (including phenoxy) is 1. The number of esters is 1. The zero-order valence-corrected chi connectivity index (χ0v) is 18.2.